The van der Waals surface area contributed by atoms with E-state index in [9.17, 15) is 9.59 Å². The molecule has 3 rings (SSSR count). The lowest BCUT2D eigenvalue weighted by atomic mass is 10.0. The van der Waals surface area contributed by atoms with E-state index in [-0.39, 0.29) is 23.7 Å². The molecule has 6 nitrogen and oxygen atoms in total. The van der Waals surface area contributed by atoms with Gasteiger partial charge >= 0.3 is 0 Å². The third kappa shape index (κ3) is 5.17. The number of nitrogens with zero attached hydrogens (tertiary/aromatic N) is 3. The van der Waals surface area contributed by atoms with E-state index in [1.54, 1.807) is 30.7 Å². The first kappa shape index (κ1) is 18.6. The van der Waals surface area contributed by atoms with E-state index in [0.29, 0.717) is 12.1 Å². The van der Waals surface area contributed by atoms with Gasteiger partial charge in [-0.2, -0.15) is 0 Å². The summed E-state index contributed by atoms with van der Waals surface area (Å²) in [7, 11) is 0. The molecule has 1 aromatic carbocycles. The van der Waals surface area contributed by atoms with Gasteiger partial charge in [-0.05, 0) is 56.2 Å². The number of carbonyl (C=O) groups is 2. The first-order valence-corrected chi connectivity index (χ1v) is 8.79. The maximum atomic E-state index is 12.5. The lowest BCUT2D eigenvalue weighted by Crippen LogP contribution is -2.40. The highest BCUT2D eigenvalue weighted by Crippen LogP contribution is 2.13. The number of pyridine rings is 1. The van der Waals surface area contributed by atoms with Gasteiger partial charge < -0.3 is 5.32 Å². The molecule has 1 N–H and O–H groups in total. The Morgan fingerprint density at radius 3 is 2.22 bits per heavy atom. The van der Waals surface area contributed by atoms with Crippen LogP contribution in [0, 0.1) is 0 Å². The van der Waals surface area contributed by atoms with Crippen molar-refractivity contribution in [1.29, 1.82) is 0 Å². The monoisotopic (exact) mass is 362 g/mol. The number of amides is 1. The number of hydrogen-bond acceptors (Lipinski definition) is 5. The molecule has 0 aliphatic heterocycles. The summed E-state index contributed by atoms with van der Waals surface area (Å²) in [6, 6.07) is 9.08. The van der Waals surface area contributed by atoms with E-state index >= 15 is 0 Å². The molecule has 0 bridgehead atoms. The smallest absolute Gasteiger partial charge is 0.270 e. The topological polar surface area (TPSA) is 84.8 Å². The minimum atomic E-state index is -0.344. The molecule has 0 radical (unpaired) electrons. The largest absolute Gasteiger partial charge is 0.346 e. The summed E-state index contributed by atoms with van der Waals surface area (Å²) in [6.07, 6.45) is 5.39. The second kappa shape index (κ2) is 7.61. The fraction of sp³-hybridized carbons (Fsp3) is 0.286. The molecule has 0 aliphatic carbocycles. The zero-order valence-electron chi connectivity index (χ0n) is 15.7. The van der Waals surface area contributed by atoms with Crippen molar-refractivity contribution in [2.45, 2.75) is 39.2 Å². The van der Waals surface area contributed by atoms with Crippen LogP contribution in [0.1, 0.15) is 42.4 Å². The first-order valence-electron chi connectivity index (χ1n) is 8.79. The molecule has 0 saturated carbocycles. The van der Waals surface area contributed by atoms with Gasteiger partial charge in [0.05, 0.1) is 11.0 Å². The van der Waals surface area contributed by atoms with Crippen molar-refractivity contribution in [2.75, 3.05) is 0 Å². The quantitative estimate of drug-likeness (QED) is 0.754. The van der Waals surface area contributed by atoms with E-state index in [1.165, 1.54) is 0 Å². The Labute approximate surface area is 158 Å². The SMILES string of the molecule is CC(C)(C)NC(=O)c1cc(CC(=O)Cc2ccc3nccnc3c2)ccn1. The van der Waals surface area contributed by atoms with E-state index in [4.69, 9.17) is 0 Å². The molecule has 6 heteroatoms. The fourth-order valence-corrected chi connectivity index (χ4v) is 2.75. The number of rotatable bonds is 5. The number of fused-ring (bicyclic) bond motifs is 1. The number of hydrogen-bond donors (Lipinski definition) is 1. The van der Waals surface area contributed by atoms with Gasteiger partial charge in [-0.3, -0.25) is 24.5 Å². The Morgan fingerprint density at radius 1 is 0.852 bits per heavy atom. The van der Waals surface area contributed by atoms with Crippen LogP contribution in [0.15, 0.2) is 48.9 Å². The van der Waals surface area contributed by atoms with Crippen LogP contribution in [0.3, 0.4) is 0 Å². The van der Waals surface area contributed by atoms with Gasteiger partial charge in [0.25, 0.3) is 5.91 Å². The molecule has 0 spiro atoms. The molecule has 3 aromatic rings. The van der Waals surface area contributed by atoms with Crippen LogP contribution < -0.4 is 5.32 Å². The summed E-state index contributed by atoms with van der Waals surface area (Å²) >= 11 is 0. The van der Waals surface area contributed by atoms with Crippen molar-refractivity contribution in [3.8, 4) is 0 Å². The summed E-state index contributed by atoms with van der Waals surface area (Å²) in [5.41, 5.74) is 3.22. The van der Waals surface area contributed by atoms with Crippen molar-refractivity contribution in [3.63, 3.8) is 0 Å². The molecular weight excluding hydrogens is 340 g/mol. The number of benzene rings is 1. The second-order valence-corrected chi connectivity index (χ2v) is 7.53. The number of carbonyl (C=O) groups excluding carboxylic acids is 2. The molecule has 138 valence electrons. The van der Waals surface area contributed by atoms with Crippen molar-refractivity contribution in [1.82, 2.24) is 20.3 Å². The predicted octanol–water partition coefficient (Wildman–Crippen LogP) is 2.91. The van der Waals surface area contributed by atoms with Crippen LogP contribution in [0.25, 0.3) is 11.0 Å². The highest BCUT2D eigenvalue weighted by Gasteiger charge is 2.17. The van der Waals surface area contributed by atoms with Gasteiger partial charge in [-0.25, -0.2) is 0 Å². The molecular formula is C21H22N4O2. The van der Waals surface area contributed by atoms with Crippen LogP contribution in [0.2, 0.25) is 0 Å². The van der Waals surface area contributed by atoms with Crippen molar-refractivity contribution >= 4 is 22.7 Å². The maximum Gasteiger partial charge on any atom is 0.270 e. The van der Waals surface area contributed by atoms with Gasteiger partial charge in [0, 0.05) is 37.0 Å². The van der Waals surface area contributed by atoms with Gasteiger partial charge in [0.15, 0.2) is 0 Å². The third-order valence-electron chi connectivity index (χ3n) is 3.88. The fourth-order valence-electron chi connectivity index (χ4n) is 2.75. The standard InChI is InChI=1S/C21H22N4O2/c1-21(2,3)25-20(27)19-13-15(6-7-22-19)11-16(26)10-14-4-5-17-18(12-14)24-9-8-23-17/h4-9,12-13H,10-11H2,1-3H3,(H,25,27). The Kier molecular flexibility index (Phi) is 5.26. The van der Waals surface area contributed by atoms with Crippen molar-refractivity contribution in [3.05, 3.63) is 65.7 Å². The number of nitrogens with one attached hydrogen (secondary N) is 1. The van der Waals surface area contributed by atoms with Crippen LogP contribution in [0.4, 0.5) is 0 Å². The average molecular weight is 362 g/mol. The molecule has 1 amide bonds. The van der Waals surface area contributed by atoms with Gasteiger partial charge in [0.1, 0.15) is 11.5 Å². The Balaban J connectivity index is 1.68. The zero-order valence-corrected chi connectivity index (χ0v) is 15.7. The molecule has 2 heterocycles. The van der Waals surface area contributed by atoms with Crippen molar-refractivity contribution in [2.24, 2.45) is 0 Å². The number of aromatic nitrogens is 3. The van der Waals surface area contributed by atoms with Gasteiger partial charge in [-0.15, -0.1) is 0 Å². The molecule has 0 atom stereocenters. The van der Waals surface area contributed by atoms with Gasteiger partial charge in [0.2, 0.25) is 0 Å². The van der Waals surface area contributed by atoms with Crippen LogP contribution >= 0.6 is 0 Å². The summed E-state index contributed by atoms with van der Waals surface area (Å²) in [5, 5.41) is 2.87. The highest BCUT2D eigenvalue weighted by molar-refractivity contribution is 5.93. The van der Waals surface area contributed by atoms with E-state index in [1.807, 2.05) is 39.0 Å². The van der Waals surface area contributed by atoms with Gasteiger partial charge in [-0.1, -0.05) is 6.07 Å². The molecule has 0 unspecified atom stereocenters. The Hall–Kier alpha value is -3.15. The molecule has 0 fully saturated rings. The third-order valence-corrected chi connectivity index (χ3v) is 3.88. The summed E-state index contributed by atoms with van der Waals surface area (Å²) in [4.78, 5) is 37.3. The highest BCUT2D eigenvalue weighted by atomic mass is 16.2. The predicted molar refractivity (Wildman–Crippen MR) is 103 cm³/mol. The van der Waals surface area contributed by atoms with E-state index in [0.717, 1.165) is 22.2 Å². The maximum absolute atomic E-state index is 12.5. The average Bonchev–Trinajstić information content (AvgIpc) is 2.60. The summed E-state index contributed by atoms with van der Waals surface area (Å²) in [6.45, 7) is 5.73. The van der Waals surface area contributed by atoms with Crippen molar-refractivity contribution < 1.29 is 9.59 Å². The van der Waals surface area contributed by atoms with E-state index < -0.39 is 0 Å². The molecule has 2 aromatic heterocycles. The molecule has 0 saturated heterocycles. The number of Topliss-reactive ketones (excluding diaryl/α,β-unsaturated/α-hetero) is 1. The first-order chi connectivity index (χ1) is 12.8. The number of ketones is 1. The minimum absolute atomic E-state index is 0.0617. The van der Waals surface area contributed by atoms with Crippen LogP contribution in [0.5, 0.6) is 0 Å². The lowest BCUT2D eigenvalue weighted by Gasteiger charge is -2.20. The summed E-state index contributed by atoms with van der Waals surface area (Å²) in [5.74, 6) is -0.184. The van der Waals surface area contributed by atoms with E-state index in [2.05, 4.69) is 20.3 Å². The Morgan fingerprint density at radius 2 is 1.52 bits per heavy atom. The van der Waals surface area contributed by atoms with Crippen LogP contribution in [-0.4, -0.2) is 32.2 Å². The zero-order chi connectivity index (χ0) is 19.4. The second-order valence-electron chi connectivity index (χ2n) is 7.53. The molecule has 0 aliphatic rings. The summed E-state index contributed by atoms with van der Waals surface area (Å²) < 4.78 is 0. The molecule has 27 heavy (non-hydrogen) atoms. The Bertz CT molecular complexity index is 993. The normalized spacial score (nSPS) is 11.4. The van der Waals surface area contributed by atoms with Crippen LogP contribution in [-0.2, 0) is 17.6 Å². The lowest BCUT2D eigenvalue weighted by molar-refractivity contribution is -0.117. The minimum Gasteiger partial charge on any atom is -0.346 e.